The van der Waals surface area contributed by atoms with Gasteiger partial charge in [0.2, 0.25) is 0 Å². The van der Waals surface area contributed by atoms with E-state index < -0.39 is 0 Å². The van der Waals surface area contributed by atoms with E-state index in [1.807, 2.05) is 6.08 Å². The predicted octanol–water partition coefficient (Wildman–Crippen LogP) is 3.01. The monoisotopic (exact) mass is 262 g/mol. The highest BCUT2D eigenvalue weighted by Gasteiger charge is 2.39. The molecule has 5 unspecified atom stereocenters. The lowest BCUT2D eigenvalue weighted by molar-refractivity contribution is -0.147. The molecule has 104 valence electrons. The van der Waals surface area contributed by atoms with Crippen LogP contribution in [-0.2, 0) is 14.3 Å². The smallest absolute Gasteiger partial charge is 0.330 e. The van der Waals surface area contributed by atoms with E-state index in [0.717, 1.165) is 32.1 Å². The van der Waals surface area contributed by atoms with Crippen molar-refractivity contribution in [2.24, 2.45) is 11.8 Å². The van der Waals surface area contributed by atoms with E-state index >= 15 is 0 Å². The average Bonchev–Trinajstić information content (AvgIpc) is 2.39. The first-order chi connectivity index (χ1) is 9.26. The van der Waals surface area contributed by atoms with Gasteiger partial charge in [-0.2, -0.15) is 0 Å². The molecule has 0 amide bonds. The van der Waals surface area contributed by atoms with Crippen molar-refractivity contribution in [3.05, 3.63) is 24.3 Å². The SMILES string of the molecule is CCC1C(CC2CC=CC(=O)O2)CC2CC=CC1O2. The van der Waals surface area contributed by atoms with Crippen LogP contribution in [0.1, 0.15) is 39.0 Å². The molecule has 1 saturated heterocycles. The second-order valence-electron chi connectivity index (χ2n) is 5.89. The van der Waals surface area contributed by atoms with Crippen LogP contribution in [0.5, 0.6) is 0 Å². The fourth-order valence-electron chi connectivity index (χ4n) is 3.75. The van der Waals surface area contributed by atoms with Gasteiger partial charge in [0.1, 0.15) is 6.10 Å². The molecule has 3 heteroatoms. The van der Waals surface area contributed by atoms with Crippen molar-refractivity contribution in [2.75, 3.05) is 0 Å². The fourth-order valence-corrected chi connectivity index (χ4v) is 3.75. The molecule has 5 atom stereocenters. The molecule has 0 spiro atoms. The minimum absolute atomic E-state index is 0.0688. The Labute approximate surface area is 114 Å². The zero-order chi connectivity index (χ0) is 13.2. The van der Waals surface area contributed by atoms with Crippen molar-refractivity contribution in [1.29, 1.82) is 0 Å². The van der Waals surface area contributed by atoms with Crippen molar-refractivity contribution in [1.82, 2.24) is 0 Å². The number of carbonyl (C=O) groups is 1. The number of cyclic esters (lactones) is 1. The summed E-state index contributed by atoms with van der Waals surface area (Å²) in [7, 11) is 0. The maximum atomic E-state index is 11.3. The Bertz CT molecular complexity index is 399. The lowest BCUT2D eigenvalue weighted by Gasteiger charge is -2.43. The predicted molar refractivity (Wildman–Crippen MR) is 72.6 cm³/mol. The standard InChI is InChI=1S/C16H22O3/c1-2-14-11(9-12-5-3-7-15(14)18-12)10-13-6-4-8-16(17)19-13/h3-4,7-8,11-15H,2,5-6,9-10H2,1H3. The van der Waals surface area contributed by atoms with Crippen molar-refractivity contribution in [3.63, 3.8) is 0 Å². The summed E-state index contributed by atoms with van der Waals surface area (Å²) < 4.78 is 11.5. The molecule has 0 aromatic rings. The Hall–Kier alpha value is -1.09. The van der Waals surface area contributed by atoms with E-state index in [-0.39, 0.29) is 18.2 Å². The van der Waals surface area contributed by atoms with Crippen LogP contribution in [0.25, 0.3) is 0 Å². The van der Waals surface area contributed by atoms with Crippen LogP contribution in [0.3, 0.4) is 0 Å². The summed E-state index contributed by atoms with van der Waals surface area (Å²) in [6.45, 7) is 2.23. The van der Waals surface area contributed by atoms with Gasteiger partial charge in [-0.15, -0.1) is 0 Å². The van der Waals surface area contributed by atoms with Gasteiger partial charge >= 0.3 is 5.97 Å². The van der Waals surface area contributed by atoms with Crippen LogP contribution in [0.2, 0.25) is 0 Å². The third-order valence-electron chi connectivity index (χ3n) is 4.64. The molecular formula is C16H22O3. The maximum absolute atomic E-state index is 11.3. The molecule has 3 aliphatic heterocycles. The Kier molecular flexibility index (Phi) is 3.74. The van der Waals surface area contributed by atoms with Crippen LogP contribution in [-0.4, -0.2) is 24.3 Å². The number of carbonyl (C=O) groups excluding carboxylic acids is 1. The lowest BCUT2D eigenvalue weighted by Crippen LogP contribution is -2.43. The summed E-state index contributed by atoms with van der Waals surface area (Å²) in [5, 5.41) is 0. The molecule has 2 bridgehead atoms. The number of rotatable bonds is 3. The molecule has 19 heavy (non-hydrogen) atoms. The minimum Gasteiger partial charge on any atom is -0.459 e. The molecule has 0 N–H and O–H groups in total. The Morgan fingerprint density at radius 2 is 2.21 bits per heavy atom. The number of esters is 1. The minimum atomic E-state index is -0.184. The summed E-state index contributed by atoms with van der Waals surface area (Å²) >= 11 is 0. The van der Waals surface area contributed by atoms with Crippen molar-refractivity contribution < 1.29 is 14.3 Å². The molecule has 3 heterocycles. The van der Waals surface area contributed by atoms with Gasteiger partial charge in [0.25, 0.3) is 0 Å². The second-order valence-corrected chi connectivity index (χ2v) is 5.89. The highest BCUT2D eigenvalue weighted by molar-refractivity contribution is 5.82. The molecule has 3 nitrogen and oxygen atoms in total. The fraction of sp³-hybridized carbons (Fsp3) is 0.688. The van der Waals surface area contributed by atoms with Crippen LogP contribution < -0.4 is 0 Å². The Morgan fingerprint density at radius 1 is 1.32 bits per heavy atom. The Balaban J connectivity index is 1.67. The molecule has 0 aromatic heterocycles. The molecule has 0 saturated carbocycles. The molecule has 3 rings (SSSR count). The van der Waals surface area contributed by atoms with Gasteiger partial charge in [-0.25, -0.2) is 4.79 Å². The number of fused-ring (bicyclic) bond motifs is 2. The van der Waals surface area contributed by atoms with Gasteiger partial charge in [0, 0.05) is 12.5 Å². The lowest BCUT2D eigenvalue weighted by atomic mass is 9.74. The summed E-state index contributed by atoms with van der Waals surface area (Å²) in [6.07, 6.45) is 13.8. The number of hydrogen-bond donors (Lipinski definition) is 0. The van der Waals surface area contributed by atoms with E-state index in [9.17, 15) is 4.79 Å². The average molecular weight is 262 g/mol. The van der Waals surface area contributed by atoms with Crippen LogP contribution in [0.15, 0.2) is 24.3 Å². The summed E-state index contributed by atoms with van der Waals surface area (Å²) in [6, 6.07) is 0. The first-order valence-corrected chi connectivity index (χ1v) is 7.45. The van der Waals surface area contributed by atoms with Crippen LogP contribution in [0.4, 0.5) is 0 Å². The molecule has 3 aliphatic rings. The first kappa shape index (κ1) is 12.9. The molecule has 0 aromatic carbocycles. The van der Waals surface area contributed by atoms with E-state index in [1.165, 1.54) is 6.08 Å². The van der Waals surface area contributed by atoms with E-state index in [1.54, 1.807) is 0 Å². The molecule has 0 aliphatic carbocycles. The van der Waals surface area contributed by atoms with Gasteiger partial charge < -0.3 is 9.47 Å². The molecular weight excluding hydrogens is 240 g/mol. The molecule has 0 radical (unpaired) electrons. The van der Waals surface area contributed by atoms with Gasteiger partial charge in [0.15, 0.2) is 0 Å². The molecule has 1 fully saturated rings. The highest BCUT2D eigenvalue weighted by atomic mass is 16.5. The zero-order valence-corrected chi connectivity index (χ0v) is 11.5. The van der Waals surface area contributed by atoms with Crippen molar-refractivity contribution in [3.8, 4) is 0 Å². The van der Waals surface area contributed by atoms with Crippen LogP contribution in [0, 0.1) is 11.8 Å². The first-order valence-electron chi connectivity index (χ1n) is 7.45. The van der Waals surface area contributed by atoms with Gasteiger partial charge in [0.05, 0.1) is 12.2 Å². The third-order valence-corrected chi connectivity index (χ3v) is 4.64. The van der Waals surface area contributed by atoms with Crippen molar-refractivity contribution >= 4 is 5.97 Å². The van der Waals surface area contributed by atoms with Crippen molar-refractivity contribution in [2.45, 2.75) is 57.3 Å². The van der Waals surface area contributed by atoms with E-state index in [4.69, 9.17) is 9.47 Å². The van der Waals surface area contributed by atoms with Gasteiger partial charge in [-0.3, -0.25) is 0 Å². The van der Waals surface area contributed by atoms with E-state index in [2.05, 4.69) is 19.1 Å². The normalized spacial score (nSPS) is 41.1. The van der Waals surface area contributed by atoms with E-state index in [0.29, 0.717) is 17.9 Å². The van der Waals surface area contributed by atoms with Gasteiger partial charge in [-0.1, -0.05) is 31.6 Å². The largest absolute Gasteiger partial charge is 0.459 e. The number of hydrogen-bond acceptors (Lipinski definition) is 3. The zero-order valence-electron chi connectivity index (χ0n) is 11.5. The Morgan fingerprint density at radius 3 is 3.00 bits per heavy atom. The summed E-state index contributed by atoms with van der Waals surface area (Å²) in [5.74, 6) is 0.997. The quantitative estimate of drug-likeness (QED) is 0.579. The maximum Gasteiger partial charge on any atom is 0.330 e. The van der Waals surface area contributed by atoms with Crippen LogP contribution >= 0.6 is 0 Å². The topological polar surface area (TPSA) is 35.5 Å². The van der Waals surface area contributed by atoms with Gasteiger partial charge in [-0.05, 0) is 31.1 Å². The third kappa shape index (κ3) is 2.76. The summed E-state index contributed by atoms with van der Waals surface area (Å²) in [5.41, 5.74) is 0. The highest BCUT2D eigenvalue weighted by Crippen LogP contribution is 2.40. The second kappa shape index (κ2) is 5.49. The summed E-state index contributed by atoms with van der Waals surface area (Å²) in [4.78, 5) is 11.3. The number of ether oxygens (including phenoxy) is 2.